The van der Waals surface area contributed by atoms with E-state index in [0.29, 0.717) is 0 Å². The second-order valence-electron chi connectivity index (χ2n) is 2.21. The minimum atomic E-state index is -1.61. The molecule has 0 bridgehead atoms. The van der Waals surface area contributed by atoms with E-state index in [-0.39, 0.29) is 0 Å². The summed E-state index contributed by atoms with van der Waals surface area (Å²) in [4.78, 5) is 0. The molecule has 0 saturated heterocycles. The van der Waals surface area contributed by atoms with Gasteiger partial charge in [-0.3, -0.25) is 0 Å². The van der Waals surface area contributed by atoms with Gasteiger partial charge in [-0.25, -0.2) is 20.1 Å². The fourth-order valence-electron chi connectivity index (χ4n) is 0.712. The van der Waals surface area contributed by atoms with Crippen molar-refractivity contribution in [3.8, 4) is 0 Å². The molecule has 0 aliphatic heterocycles. The summed E-state index contributed by atoms with van der Waals surface area (Å²) in [6, 6.07) is 8.04. The van der Waals surface area contributed by atoms with Crippen molar-refractivity contribution in [3.05, 3.63) is 29.8 Å². The van der Waals surface area contributed by atoms with Crippen LogP contribution in [0.25, 0.3) is 0 Å². The van der Waals surface area contributed by atoms with Gasteiger partial charge in [0.2, 0.25) is 0 Å². The van der Waals surface area contributed by atoms with E-state index < -0.39 is 12.3 Å². The molecular weight excluding hydrogens is 182 g/mol. The Bertz CT molecular complexity index is 205. The van der Waals surface area contributed by atoms with Crippen molar-refractivity contribution in [2.75, 3.05) is 0 Å². The highest BCUT2D eigenvalue weighted by molar-refractivity contribution is 7.39. The molecule has 1 aromatic rings. The number of rotatable bonds is 1. The molecule has 0 saturated carbocycles. The average molecular weight is 189 g/mol. The highest BCUT2D eigenvalue weighted by Crippen LogP contribution is 1.99. The molecule has 52 valence electrons. The highest BCUT2D eigenvalue weighted by Gasteiger charge is 2.12. The third kappa shape index (κ3) is 2.18. The summed E-state index contributed by atoms with van der Waals surface area (Å²) in [7, 11) is 11.5. The summed E-state index contributed by atoms with van der Waals surface area (Å²) >= 11 is -1.61. The van der Waals surface area contributed by atoms with Gasteiger partial charge in [0.05, 0.1) is 0 Å². The van der Waals surface area contributed by atoms with Gasteiger partial charge in [0.15, 0.2) is 0 Å². The largest absolute Gasteiger partial charge is 0.555 e. The highest BCUT2D eigenvalue weighted by atomic mass is 35.7. The van der Waals surface area contributed by atoms with Crippen LogP contribution in [0.1, 0.15) is 5.56 Å². The van der Waals surface area contributed by atoms with Gasteiger partial charge in [-0.2, -0.15) is 0 Å². The second-order valence-corrected chi connectivity index (χ2v) is 6.77. The summed E-state index contributed by atoms with van der Waals surface area (Å²) in [6.45, 7) is 2.04. The molecule has 0 aliphatic carbocycles. The van der Waals surface area contributed by atoms with Crippen molar-refractivity contribution in [2.24, 2.45) is 0 Å². The normalized spacial score (nSPS) is 9.50. The lowest BCUT2D eigenvalue weighted by molar-refractivity contribution is 1.49. The summed E-state index contributed by atoms with van der Waals surface area (Å²) in [5.74, 6) is 0. The van der Waals surface area contributed by atoms with E-state index >= 15 is 0 Å². The van der Waals surface area contributed by atoms with Crippen molar-refractivity contribution >= 4 is 36.8 Å². The van der Waals surface area contributed by atoms with Gasteiger partial charge in [-0.1, -0.05) is 34.3 Å². The van der Waals surface area contributed by atoms with E-state index in [1.165, 1.54) is 5.56 Å². The third-order valence-corrected chi connectivity index (χ3v) is 3.73. The van der Waals surface area contributed by atoms with Crippen LogP contribution in [-0.4, -0.2) is 12.3 Å². The van der Waals surface area contributed by atoms with Crippen molar-refractivity contribution in [2.45, 2.75) is 6.92 Å². The Labute approximate surface area is 73.6 Å². The zero-order valence-electron chi connectivity index (χ0n) is 5.64. The van der Waals surface area contributed by atoms with Crippen molar-refractivity contribution in [3.63, 3.8) is 0 Å². The predicted molar refractivity (Wildman–Crippen MR) is 48.3 cm³/mol. The van der Waals surface area contributed by atoms with E-state index in [1.807, 2.05) is 31.2 Å². The SMILES string of the molecule is Cc1cc[c]([Al]([Cl])[Cl])cc1. The Morgan fingerprint density at radius 2 is 1.60 bits per heavy atom. The molecule has 0 heterocycles. The Balaban J connectivity index is 2.89. The van der Waals surface area contributed by atoms with Crippen molar-refractivity contribution in [1.82, 2.24) is 0 Å². The van der Waals surface area contributed by atoms with Crippen LogP contribution in [0, 0.1) is 6.92 Å². The first-order chi connectivity index (χ1) is 4.70. The molecule has 0 atom stereocenters. The van der Waals surface area contributed by atoms with Gasteiger partial charge in [-0.15, -0.1) is 0 Å². The second kappa shape index (κ2) is 3.65. The minimum Gasteiger partial charge on any atom is -0.226 e. The Hall–Kier alpha value is 0.332. The molecule has 3 heteroatoms. The molecule has 0 unspecified atom stereocenters. The topological polar surface area (TPSA) is 0 Å². The molecule has 0 nitrogen and oxygen atoms in total. The average Bonchev–Trinajstić information content (AvgIpc) is 1.88. The van der Waals surface area contributed by atoms with Crippen molar-refractivity contribution in [1.29, 1.82) is 0 Å². The number of hydrogen-bond donors (Lipinski definition) is 0. The molecule has 1 rings (SSSR count). The van der Waals surface area contributed by atoms with Gasteiger partial charge in [0, 0.05) is 0 Å². The van der Waals surface area contributed by atoms with Crippen LogP contribution in [0.4, 0.5) is 0 Å². The molecular formula is C7H7AlCl2. The number of aryl methyl sites for hydroxylation is 1. The molecule has 0 amide bonds. The maximum absolute atomic E-state index is 5.76. The van der Waals surface area contributed by atoms with Crippen LogP contribution in [0.3, 0.4) is 0 Å². The number of hydrogen-bond acceptors (Lipinski definition) is 0. The maximum Gasteiger partial charge on any atom is 0.555 e. The monoisotopic (exact) mass is 188 g/mol. The first-order valence-electron chi connectivity index (χ1n) is 3.05. The Morgan fingerprint density at radius 1 is 1.10 bits per heavy atom. The molecule has 0 aliphatic rings. The predicted octanol–water partition coefficient (Wildman–Crippen LogP) is 2.17. The van der Waals surface area contributed by atoms with Gasteiger partial charge >= 0.3 is 12.3 Å². The molecule has 10 heavy (non-hydrogen) atoms. The van der Waals surface area contributed by atoms with E-state index in [4.69, 9.17) is 20.1 Å². The molecule has 1 aromatic carbocycles. The fraction of sp³-hybridized carbons (Fsp3) is 0.143. The van der Waals surface area contributed by atoms with E-state index in [9.17, 15) is 0 Å². The molecule has 0 fully saturated rings. The Kier molecular flexibility index (Phi) is 3.07. The first-order valence-corrected chi connectivity index (χ1v) is 7.12. The number of halogens is 2. The van der Waals surface area contributed by atoms with Crippen LogP contribution in [-0.2, 0) is 0 Å². The quantitative estimate of drug-likeness (QED) is 0.594. The zero-order chi connectivity index (χ0) is 7.56. The summed E-state index contributed by atoms with van der Waals surface area (Å²) in [5, 5.41) is 0. The van der Waals surface area contributed by atoms with Gasteiger partial charge in [0.1, 0.15) is 0 Å². The lowest BCUT2D eigenvalue weighted by atomic mass is 10.2. The number of benzene rings is 1. The van der Waals surface area contributed by atoms with E-state index in [2.05, 4.69) is 0 Å². The van der Waals surface area contributed by atoms with Gasteiger partial charge in [0.25, 0.3) is 0 Å². The molecule has 0 radical (unpaired) electrons. The summed E-state index contributed by atoms with van der Waals surface area (Å²) in [5.41, 5.74) is 1.24. The maximum atomic E-state index is 5.76. The van der Waals surface area contributed by atoms with Crippen LogP contribution in [0.5, 0.6) is 0 Å². The zero-order valence-corrected chi connectivity index (χ0v) is 8.31. The van der Waals surface area contributed by atoms with Crippen LogP contribution in [0.15, 0.2) is 24.3 Å². The van der Waals surface area contributed by atoms with Crippen LogP contribution < -0.4 is 4.43 Å². The molecule has 0 spiro atoms. The lowest BCUT2D eigenvalue weighted by Gasteiger charge is -1.95. The van der Waals surface area contributed by atoms with E-state index in [1.54, 1.807) is 0 Å². The van der Waals surface area contributed by atoms with Crippen LogP contribution in [0.2, 0.25) is 0 Å². The van der Waals surface area contributed by atoms with Crippen molar-refractivity contribution < 1.29 is 0 Å². The van der Waals surface area contributed by atoms with Gasteiger partial charge < -0.3 is 0 Å². The van der Waals surface area contributed by atoms with Gasteiger partial charge in [-0.05, 0) is 6.92 Å². The lowest BCUT2D eigenvalue weighted by Crippen LogP contribution is -2.16. The van der Waals surface area contributed by atoms with Crippen LogP contribution >= 0.6 is 20.1 Å². The summed E-state index contributed by atoms with van der Waals surface area (Å²) < 4.78 is 1.09. The molecule has 0 N–H and O–H groups in total. The third-order valence-electron chi connectivity index (χ3n) is 1.33. The fourth-order valence-corrected chi connectivity index (χ4v) is 2.07. The first kappa shape index (κ1) is 8.43. The summed E-state index contributed by atoms with van der Waals surface area (Å²) in [6.07, 6.45) is 0. The molecule has 0 aromatic heterocycles. The standard InChI is InChI=1S/C7H7.Al.2ClH/c1-7-5-3-2-4-6-7;;;/h3-6H,1H3;;2*1H/q;+2;;/p-2. The Morgan fingerprint density at radius 3 is 2.00 bits per heavy atom. The minimum absolute atomic E-state index is 1.09. The smallest absolute Gasteiger partial charge is 0.226 e. The van der Waals surface area contributed by atoms with E-state index in [0.717, 1.165) is 4.43 Å².